The number of anilines is 1. The Morgan fingerprint density at radius 3 is 2.44 bits per heavy atom. The number of nitrogens with one attached hydrogen (secondary N) is 1. The zero-order valence-electron chi connectivity index (χ0n) is 20.9. The van der Waals surface area contributed by atoms with Gasteiger partial charge in [0.1, 0.15) is 0 Å². The molecule has 0 saturated carbocycles. The number of fused-ring (bicyclic) bond motifs is 2. The summed E-state index contributed by atoms with van der Waals surface area (Å²) in [5.74, 6) is -0.816. The second-order valence-corrected chi connectivity index (χ2v) is 9.25. The zero-order chi connectivity index (χ0) is 25.2. The number of benzene rings is 3. The lowest BCUT2D eigenvalue weighted by atomic mass is 9.79. The van der Waals surface area contributed by atoms with Gasteiger partial charge in [0.15, 0.2) is 0 Å². The van der Waals surface area contributed by atoms with E-state index in [0.717, 1.165) is 34.1 Å². The highest BCUT2D eigenvalue weighted by Crippen LogP contribution is 2.45. The van der Waals surface area contributed by atoms with Gasteiger partial charge >= 0.3 is 0 Å². The number of hydrogen-bond acceptors (Lipinski definition) is 3. The number of amides is 2. The number of rotatable bonds is 7. The number of aryl methyl sites for hydroxylation is 2. The van der Waals surface area contributed by atoms with Crippen molar-refractivity contribution >= 4 is 28.4 Å². The average molecular weight is 482 g/mol. The van der Waals surface area contributed by atoms with Gasteiger partial charge in [-0.05, 0) is 41.8 Å². The lowest BCUT2D eigenvalue weighted by molar-refractivity contribution is -0.119. The Bertz CT molecular complexity index is 1410. The van der Waals surface area contributed by atoms with Crippen molar-refractivity contribution < 1.29 is 14.3 Å². The first kappa shape index (κ1) is 23.8. The van der Waals surface area contributed by atoms with Crippen LogP contribution in [0.1, 0.15) is 45.9 Å². The van der Waals surface area contributed by atoms with E-state index in [0.29, 0.717) is 18.7 Å². The SMILES string of the molecule is CCc1ccc(NC(=O)[C@@H]2c3ccccc3C(=O)N(CCOC)[C@@H]2c2cn(C)c3ccccc23)cc1. The van der Waals surface area contributed by atoms with Gasteiger partial charge in [-0.25, -0.2) is 0 Å². The molecule has 0 spiro atoms. The second kappa shape index (κ2) is 9.99. The van der Waals surface area contributed by atoms with E-state index in [1.165, 1.54) is 5.56 Å². The van der Waals surface area contributed by atoms with Gasteiger partial charge in [-0.1, -0.05) is 55.5 Å². The Balaban J connectivity index is 1.66. The van der Waals surface area contributed by atoms with Crippen LogP contribution in [0.25, 0.3) is 10.9 Å². The molecule has 3 aromatic carbocycles. The minimum Gasteiger partial charge on any atom is -0.383 e. The fourth-order valence-electron chi connectivity index (χ4n) is 5.31. The van der Waals surface area contributed by atoms with Gasteiger partial charge < -0.3 is 19.5 Å². The monoisotopic (exact) mass is 481 g/mol. The average Bonchev–Trinajstić information content (AvgIpc) is 3.24. The number of ether oxygens (including phenoxy) is 1. The molecule has 4 aromatic rings. The Labute approximate surface area is 211 Å². The Morgan fingerprint density at radius 2 is 1.69 bits per heavy atom. The summed E-state index contributed by atoms with van der Waals surface area (Å²) in [7, 11) is 3.62. The number of aromatic nitrogens is 1. The standard InChI is InChI=1S/C30H31N3O3/c1-4-20-13-15-21(16-14-20)31-29(34)27-23-10-5-6-11-24(23)30(35)33(17-18-36-3)28(27)25-19-32(2)26-12-8-7-9-22(25)26/h5-16,19,27-28H,4,17-18H2,1-3H3,(H,31,34)/t27-,28-/m1/s1. The molecule has 1 aromatic heterocycles. The van der Waals surface area contributed by atoms with Crippen LogP contribution in [0, 0.1) is 0 Å². The summed E-state index contributed by atoms with van der Waals surface area (Å²) in [4.78, 5) is 29.6. The fraction of sp³-hybridized carbons (Fsp3) is 0.267. The first-order valence-electron chi connectivity index (χ1n) is 12.4. The zero-order valence-corrected chi connectivity index (χ0v) is 20.9. The number of hydrogen-bond donors (Lipinski definition) is 1. The third-order valence-corrected chi connectivity index (χ3v) is 7.13. The maximum Gasteiger partial charge on any atom is 0.254 e. The minimum absolute atomic E-state index is 0.0862. The molecular formula is C30H31N3O3. The van der Waals surface area contributed by atoms with Gasteiger partial charge in [-0.3, -0.25) is 9.59 Å². The van der Waals surface area contributed by atoms with Gasteiger partial charge in [0.05, 0.1) is 18.6 Å². The summed E-state index contributed by atoms with van der Waals surface area (Å²) < 4.78 is 7.43. The van der Waals surface area contributed by atoms with Crippen molar-refractivity contribution in [3.05, 3.63) is 101 Å². The fourth-order valence-corrected chi connectivity index (χ4v) is 5.31. The third kappa shape index (κ3) is 4.18. The van der Waals surface area contributed by atoms with Gasteiger partial charge in [-0.2, -0.15) is 0 Å². The number of para-hydroxylation sites is 1. The molecule has 0 fully saturated rings. The van der Waals surface area contributed by atoms with E-state index in [2.05, 4.69) is 28.9 Å². The molecule has 1 aliphatic heterocycles. The van der Waals surface area contributed by atoms with E-state index in [1.54, 1.807) is 12.0 Å². The van der Waals surface area contributed by atoms with Crippen molar-refractivity contribution in [2.45, 2.75) is 25.3 Å². The number of carbonyl (C=O) groups is 2. The Morgan fingerprint density at radius 1 is 0.972 bits per heavy atom. The lowest BCUT2D eigenvalue weighted by Crippen LogP contribution is -2.47. The van der Waals surface area contributed by atoms with E-state index in [-0.39, 0.29) is 11.8 Å². The number of nitrogens with zero attached hydrogens (tertiary/aromatic N) is 2. The molecule has 0 radical (unpaired) electrons. The van der Waals surface area contributed by atoms with Crippen molar-refractivity contribution in [2.24, 2.45) is 7.05 Å². The van der Waals surface area contributed by atoms with E-state index in [4.69, 9.17) is 4.74 Å². The number of methoxy groups -OCH3 is 1. The first-order chi connectivity index (χ1) is 17.5. The molecule has 0 bridgehead atoms. The van der Waals surface area contributed by atoms with Gasteiger partial charge in [0, 0.05) is 54.6 Å². The Hall–Kier alpha value is -3.90. The first-order valence-corrected chi connectivity index (χ1v) is 12.4. The van der Waals surface area contributed by atoms with Gasteiger partial charge in [0.25, 0.3) is 5.91 Å². The summed E-state index contributed by atoms with van der Waals surface area (Å²) in [5.41, 5.74) is 5.27. The largest absolute Gasteiger partial charge is 0.383 e. The molecular weight excluding hydrogens is 450 g/mol. The molecule has 2 heterocycles. The predicted octanol–water partition coefficient (Wildman–Crippen LogP) is 5.31. The molecule has 5 rings (SSSR count). The van der Waals surface area contributed by atoms with Crippen molar-refractivity contribution in [1.82, 2.24) is 9.47 Å². The van der Waals surface area contributed by atoms with Crippen LogP contribution in [0.15, 0.2) is 79.0 Å². The van der Waals surface area contributed by atoms with Crippen LogP contribution in [0.3, 0.4) is 0 Å². The molecule has 0 saturated heterocycles. The molecule has 0 aliphatic carbocycles. The van der Waals surface area contributed by atoms with Crippen molar-refractivity contribution in [1.29, 1.82) is 0 Å². The van der Waals surface area contributed by atoms with Crippen molar-refractivity contribution in [2.75, 3.05) is 25.6 Å². The predicted molar refractivity (Wildman–Crippen MR) is 142 cm³/mol. The topological polar surface area (TPSA) is 63.6 Å². The van der Waals surface area contributed by atoms with Crippen molar-refractivity contribution in [3.8, 4) is 0 Å². The van der Waals surface area contributed by atoms with Crippen LogP contribution < -0.4 is 5.32 Å². The molecule has 1 N–H and O–H groups in total. The Kier molecular flexibility index (Phi) is 6.61. The summed E-state index contributed by atoms with van der Waals surface area (Å²) in [6.07, 6.45) is 2.98. The summed E-state index contributed by atoms with van der Waals surface area (Å²) >= 11 is 0. The molecule has 2 atom stereocenters. The summed E-state index contributed by atoms with van der Waals surface area (Å²) in [6.45, 7) is 2.86. The lowest BCUT2D eigenvalue weighted by Gasteiger charge is -2.41. The van der Waals surface area contributed by atoms with Crippen LogP contribution in [0.2, 0.25) is 0 Å². The molecule has 6 nitrogen and oxygen atoms in total. The van der Waals surface area contributed by atoms with Gasteiger partial charge in [-0.15, -0.1) is 0 Å². The normalized spacial score (nSPS) is 17.3. The molecule has 6 heteroatoms. The molecule has 0 unspecified atom stereocenters. The van der Waals surface area contributed by atoms with Gasteiger partial charge in [0.2, 0.25) is 5.91 Å². The minimum atomic E-state index is -0.590. The quantitative estimate of drug-likeness (QED) is 0.389. The second-order valence-electron chi connectivity index (χ2n) is 9.25. The molecule has 2 amide bonds. The molecule has 184 valence electrons. The van der Waals surface area contributed by atoms with Crippen LogP contribution in [0.5, 0.6) is 0 Å². The van der Waals surface area contributed by atoms with E-state index >= 15 is 0 Å². The highest BCUT2D eigenvalue weighted by atomic mass is 16.5. The summed E-state index contributed by atoms with van der Waals surface area (Å²) in [6, 6.07) is 23.0. The highest BCUT2D eigenvalue weighted by Gasteiger charge is 2.45. The van der Waals surface area contributed by atoms with E-state index < -0.39 is 12.0 Å². The molecule has 1 aliphatic rings. The number of carbonyl (C=O) groups excluding carboxylic acids is 2. The van der Waals surface area contributed by atoms with Crippen molar-refractivity contribution in [3.63, 3.8) is 0 Å². The van der Waals surface area contributed by atoms with Crippen LogP contribution in [0.4, 0.5) is 5.69 Å². The van der Waals surface area contributed by atoms with Crippen LogP contribution in [-0.4, -0.2) is 41.5 Å². The van der Waals surface area contributed by atoms with Crippen LogP contribution in [-0.2, 0) is 23.0 Å². The maximum atomic E-state index is 14.1. The van der Waals surface area contributed by atoms with E-state index in [1.807, 2.05) is 73.9 Å². The maximum absolute atomic E-state index is 14.1. The van der Waals surface area contributed by atoms with Crippen LogP contribution >= 0.6 is 0 Å². The smallest absolute Gasteiger partial charge is 0.254 e. The third-order valence-electron chi connectivity index (χ3n) is 7.13. The molecule has 36 heavy (non-hydrogen) atoms. The van der Waals surface area contributed by atoms with E-state index in [9.17, 15) is 9.59 Å². The highest BCUT2D eigenvalue weighted by molar-refractivity contribution is 6.05. The summed E-state index contributed by atoms with van der Waals surface area (Å²) in [5, 5.41) is 4.17.